The van der Waals surface area contributed by atoms with Gasteiger partial charge < -0.3 is 14.2 Å². The van der Waals surface area contributed by atoms with E-state index in [9.17, 15) is 9.59 Å². The Hall–Kier alpha value is -3.34. The molecule has 0 bridgehead atoms. The van der Waals surface area contributed by atoms with E-state index in [0.717, 1.165) is 32.1 Å². The van der Waals surface area contributed by atoms with E-state index in [-0.39, 0.29) is 11.6 Å². The molecular weight excluding hydrogens is 416 g/mol. The van der Waals surface area contributed by atoms with Crippen LogP contribution in [0, 0.1) is 0 Å². The van der Waals surface area contributed by atoms with Crippen molar-refractivity contribution < 1.29 is 23.8 Å². The van der Waals surface area contributed by atoms with Gasteiger partial charge >= 0.3 is 11.9 Å². The number of rotatable bonds is 8. The minimum Gasteiger partial charge on any atom is -0.455 e. The first-order valence-electron chi connectivity index (χ1n) is 11.2. The minimum atomic E-state index is -0.614. The Balaban J connectivity index is 0.000000238. The molecule has 0 N–H and O–H groups in total. The first kappa shape index (κ1) is 25.9. The smallest absolute Gasteiger partial charge is 0.336 e. The van der Waals surface area contributed by atoms with Crippen LogP contribution >= 0.6 is 0 Å². The van der Waals surface area contributed by atoms with E-state index >= 15 is 0 Å². The van der Waals surface area contributed by atoms with Gasteiger partial charge in [0.05, 0.1) is 0 Å². The van der Waals surface area contributed by atoms with Gasteiger partial charge in [-0.15, -0.1) is 0 Å². The van der Waals surface area contributed by atoms with Crippen LogP contribution in [0.25, 0.3) is 0 Å². The van der Waals surface area contributed by atoms with E-state index in [0.29, 0.717) is 16.9 Å². The molecule has 2 aromatic rings. The van der Waals surface area contributed by atoms with Gasteiger partial charge in [-0.05, 0) is 57.2 Å². The van der Waals surface area contributed by atoms with E-state index in [4.69, 9.17) is 14.2 Å². The molecule has 0 radical (unpaired) electrons. The predicted molar refractivity (Wildman–Crippen MR) is 130 cm³/mol. The summed E-state index contributed by atoms with van der Waals surface area (Å²) in [6, 6.07) is 19.4. The third-order valence-electron chi connectivity index (χ3n) is 5.21. The Kier molecular flexibility index (Phi) is 9.92. The van der Waals surface area contributed by atoms with Gasteiger partial charge in [-0.25, -0.2) is 9.59 Å². The molecule has 0 aliphatic heterocycles. The summed E-state index contributed by atoms with van der Waals surface area (Å²) in [5.74, 6) is -0.0363. The quantitative estimate of drug-likeness (QED) is 0.272. The largest absolute Gasteiger partial charge is 0.455 e. The van der Waals surface area contributed by atoms with Crippen molar-refractivity contribution >= 4 is 11.9 Å². The van der Waals surface area contributed by atoms with Crippen LogP contribution in [0.5, 0.6) is 5.75 Å². The fourth-order valence-corrected chi connectivity index (χ4v) is 3.55. The van der Waals surface area contributed by atoms with Crippen molar-refractivity contribution in [1.82, 2.24) is 0 Å². The maximum absolute atomic E-state index is 11.8. The number of ether oxygens (including phenoxy) is 3. The topological polar surface area (TPSA) is 61.8 Å². The molecule has 1 aliphatic rings. The molecule has 1 aliphatic carbocycles. The number of hydrogen-bond donors (Lipinski definition) is 0. The van der Waals surface area contributed by atoms with E-state index in [1.807, 2.05) is 36.4 Å². The number of hydrogen-bond acceptors (Lipinski definition) is 5. The summed E-state index contributed by atoms with van der Waals surface area (Å²) in [6.45, 7) is 12.1. The van der Waals surface area contributed by atoms with Gasteiger partial charge in [0.2, 0.25) is 6.29 Å². The second-order valence-corrected chi connectivity index (χ2v) is 8.41. The Labute approximate surface area is 197 Å². The summed E-state index contributed by atoms with van der Waals surface area (Å²) in [7, 11) is 0. The highest BCUT2D eigenvalue weighted by molar-refractivity contribution is 5.87. The minimum absolute atomic E-state index is 0.257. The van der Waals surface area contributed by atoms with Crippen LogP contribution in [-0.2, 0) is 25.5 Å². The average molecular weight is 451 g/mol. The maximum Gasteiger partial charge on any atom is 0.336 e. The lowest BCUT2D eigenvalue weighted by Crippen LogP contribution is -2.34. The third-order valence-corrected chi connectivity index (χ3v) is 5.21. The molecule has 1 unspecified atom stereocenters. The Bertz CT molecular complexity index is 927. The van der Waals surface area contributed by atoms with Crippen LogP contribution in [-0.4, -0.2) is 23.8 Å². The van der Waals surface area contributed by atoms with Gasteiger partial charge in [-0.1, -0.05) is 61.7 Å². The molecule has 5 heteroatoms. The number of para-hydroxylation sites is 1. The lowest BCUT2D eigenvalue weighted by Gasteiger charge is -2.29. The van der Waals surface area contributed by atoms with Gasteiger partial charge in [0, 0.05) is 24.5 Å². The predicted octanol–water partition coefficient (Wildman–Crippen LogP) is 6.19. The molecule has 176 valence electrons. The summed E-state index contributed by atoms with van der Waals surface area (Å²) >= 11 is 0. The van der Waals surface area contributed by atoms with Crippen molar-refractivity contribution in [2.24, 2.45) is 0 Å². The molecule has 1 saturated carbocycles. The number of benzene rings is 2. The van der Waals surface area contributed by atoms with Crippen molar-refractivity contribution in [2.75, 3.05) is 0 Å². The summed E-state index contributed by atoms with van der Waals surface area (Å²) in [6.07, 6.45) is 4.39. The molecule has 0 spiro atoms. The van der Waals surface area contributed by atoms with E-state index < -0.39 is 12.3 Å². The zero-order chi connectivity index (χ0) is 24.3. The van der Waals surface area contributed by atoms with Gasteiger partial charge in [0.1, 0.15) is 11.4 Å². The van der Waals surface area contributed by atoms with Crippen molar-refractivity contribution in [1.29, 1.82) is 0 Å². The van der Waals surface area contributed by atoms with E-state index in [1.165, 1.54) is 5.56 Å². The van der Waals surface area contributed by atoms with E-state index in [2.05, 4.69) is 25.3 Å². The van der Waals surface area contributed by atoms with Gasteiger partial charge in [-0.2, -0.15) is 0 Å². The zero-order valence-electron chi connectivity index (χ0n) is 19.8. The summed E-state index contributed by atoms with van der Waals surface area (Å²) in [5.41, 5.74) is 1.76. The lowest BCUT2D eigenvalue weighted by molar-refractivity contribution is -0.156. The molecule has 0 saturated heterocycles. The van der Waals surface area contributed by atoms with Crippen LogP contribution < -0.4 is 4.74 Å². The highest BCUT2D eigenvalue weighted by Crippen LogP contribution is 2.36. The first-order valence-corrected chi connectivity index (χ1v) is 11.2. The fraction of sp³-hybridized carbons (Fsp3) is 0.357. The first-order chi connectivity index (χ1) is 15.7. The molecule has 0 aromatic heterocycles. The zero-order valence-corrected chi connectivity index (χ0v) is 19.8. The van der Waals surface area contributed by atoms with Gasteiger partial charge in [0.15, 0.2) is 0 Å². The highest BCUT2D eigenvalue weighted by Gasteiger charge is 2.37. The van der Waals surface area contributed by atoms with Crippen molar-refractivity contribution in [3.63, 3.8) is 0 Å². The fourth-order valence-electron chi connectivity index (χ4n) is 3.55. The van der Waals surface area contributed by atoms with Crippen LogP contribution in [0.15, 0.2) is 85.0 Å². The van der Waals surface area contributed by atoms with Crippen molar-refractivity contribution in [3.8, 4) is 5.75 Å². The molecule has 0 heterocycles. The summed E-state index contributed by atoms with van der Waals surface area (Å²) in [4.78, 5) is 22.9. The second kappa shape index (κ2) is 12.6. The lowest BCUT2D eigenvalue weighted by atomic mass is 9.92. The summed E-state index contributed by atoms with van der Waals surface area (Å²) in [5, 5.41) is 0. The molecule has 5 nitrogen and oxygen atoms in total. The second-order valence-electron chi connectivity index (χ2n) is 8.41. The molecule has 0 amide bonds. The van der Waals surface area contributed by atoms with Gasteiger partial charge in [-0.3, -0.25) is 0 Å². The maximum atomic E-state index is 11.8. The molecule has 1 atom stereocenters. The third kappa shape index (κ3) is 8.97. The standard InChI is InChI=1S/C16H20O2.C12H14O3/c1-13(2)15(17)18-16(10-6-7-11-16)12-14-8-4-3-5-9-14;1-9(2)12(13)15-10(3)14-11-7-5-4-6-8-11/h3-5,8-9H,1,6-7,10-12H2,2H3;4-8,10H,1H2,2-3H3. The molecule has 3 rings (SSSR count). The number of carbonyl (C=O) groups is 2. The molecular formula is C28H34O5. The Morgan fingerprint density at radius 2 is 1.39 bits per heavy atom. The van der Waals surface area contributed by atoms with Crippen molar-refractivity contribution in [2.45, 2.75) is 64.8 Å². The Morgan fingerprint density at radius 1 is 0.879 bits per heavy atom. The summed E-state index contributed by atoms with van der Waals surface area (Å²) < 4.78 is 16.0. The molecule has 33 heavy (non-hydrogen) atoms. The average Bonchev–Trinajstić information content (AvgIpc) is 3.23. The monoisotopic (exact) mass is 450 g/mol. The van der Waals surface area contributed by atoms with Crippen LogP contribution in [0.4, 0.5) is 0 Å². The van der Waals surface area contributed by atoms with Crippen LogP contribution in [0.1, 0.15) is 52.0 Å². The van der Waals surface area contributed by atoms with Crippen LogP contribution in [0.3, 0.4) is 0 Å². The number of carbonyl (C=O) groups excluding carboxylic acids is 2. The van der Waals surface area contributed by atoms with E-state index in [1.54, 1.807) is 32.9 Å². The highest BCUT2D eigenvalue weighted by atomic mass is 16.7. The normalized spacial score (nSPS) is 14.8. The van der Waals surface area contributed by atoms with Crippen LogP contribution in [0.2, 0.25) is 0 Å². The molecule has 2 aromatic carbocycles. The SMILES string of the molecule is C=C(C)C(=O)OC(C)Oc1ccccc1.C=C(C)C(=O)OC1(Cc2ccccc2)CCCC1. The van der Waals surface area contributed by atoms with Gasteiger partial charge in [0.25, 0.3) is 0 Å². The Morgan fingerprint density at radius 3 is 1.91 bits per heavy atom. The van der Waals surface area contributed by atoms with Crippen molar-refractivity contribution in [3.05, 3.63) is 90.5 Å². The number of esters is 2. The molecule has 1 fully saturated rings.